The van der Waals surface area contributed by atoms with Crippen molar-refractivity contribution in [1.29, 1.82) is 0 Å². The normalized spacial score (nSPS) is 13.4. The Hall–Kier alpha value is -3.90. The zero-order valence-electron chi connectivity index (χ0n) is 21.2. The van der Waals surface area contributed by atoms with Gasteiger partial charge in [-0.1, -0.05) is 0 Å². The van der Waals surface area contributed by atoms with Crippen molar-refractivity contribution in [3.05, 3.63) is 81.7 Å². The van der Waals surface area contributed by atoms with Gasteiger partial charge in [0.25, 0.3) is 11.6 Å². The molecular weight excluding hydrogens is 545 g/mol. The van der Waals surface area contributed by atoms with E-state index in [1.807, 2.05) is 0 Å². The van der Waals surface area contributed by atoms with E-state index in [2.05, 4.69) is 5.32 Å². The fraction of sp³-hybridized carbons (Fsp3) is 0.222. The van der Waals surface area contributed by atoms with Crippen LogP contribution in [0, 0.1) is 15.9 Å². The number of furan rings is 1. The second kappa shape index (κ2) is 10.0. The maximum atomic E-state index is 13.6. The molecule has 0 spiro atoms. The number of sulfonamides is 1. The second-order valence-electron chi connectivity index (χ2n) is 9.21. The topological polar surface area (TPSA) is 123 Å². The molecule has 1 heterocycles. The van der Waals surface area contributed by atoms with Crippen molar-refractivity contribution in [2.45, 2.75) is 23.7 Å². The molecule has 1 fully saturated rings. The quantitative estimate of drug-likeness (QED) is 0.152. The minimum absolute atomic E-state index is 0.0634. The van der Waals surface area contributed by atoms with Crippen LogP contribution in [-0.4, -0.2) is 38.8 Å². The van der Waals surface area contributed by atoms with Crippen LogP contribution < -0.4 is 9.62 Å². The Labute approximate surface area is 228 Å². The highest BCUT2D eigenvalue weighted by Crippen LogP contribution is 2.49. The van der Waals surface area contributed by atoms with Crippen molar-refractivity contribution in [2.75, 3.05) is 23.9 Å². The Balaban J connectivity index is 1.78. The van der Waals surface area contributed by atoms with E-state index in [0.29, 0.717) is 27.1 Å². The van der Waals surface area contributed by atoms with E-state index >= 15 is 0 Å². The summed E-state index contributed by atoms with van der Waals surface area (Å²) in [6, 6.07) is 13.1. The Morgan fingerprint density at radius 3 is 2.41 bits per heavy atom. The van der Waals surface area contributed by atoms with Gasteiger partial charge < -0.3 is 9.73 Å². The smallest absolute Gasteiger partial charge is 0.283 e. The van der Waals surface area contributed by atoms with Gasteiger partial charge >= 0.3 is 0 Å². The first-order valence-corrected chi connectivity index (χ1v) is 15.0. The number of nitrogens with one attached hydrogen (secondary N) is 1. The number of benzene rings is 3. The van der Waals surface area contributed by atoms with Gasteiger partial charge in [-0.2, -0.15) is 0 Å². The number of carbonyl (C=O) groups excluding carboxylic acids is 1. The zero-order chi connectivity index (χ0) is 28.1. The number of hydrogen-bond acceptors (Lipinski definition) is 7. The molecule has 1 N–H and O–H groups in total. The number of thioether (sulfide) groups is 1. The number of nitrogens with zero attached hydrogens (tertiary/aromatic N) is 2. The molecule has 0 radical (unpaired) electrons. The van der Waals surface area contributed by atoms with Crippen LogP contribution in [0.4, 0.5) is 21.5 Å². The largest absolute Gasteiger partial charge is 0.455 e. The van der Waals surface area contributed by atoms with Crippen LogP contribution >= 0.6 is 11.8 Å². The molecule has 3 aromatic carbocycles. The highest BCUT2D eigenvalue weighted by Gasteiger charge is 2.34. The summed E-state index contributed by atoms with van der Waals surface area (Å²) in [6.07, 6.45) is 4.42. The van der Waals surface area contributed by atoms with Gasteiger partial charge in [-0.25, -0.2) is 17.1 Å². The standard InChI is InChI=1S/C27H24FN3O6S2/c1-29-27(32)25-20-13-19(15-4-5-15)22(14-23(20)37-26(25)16-6-8-17(28)9-7-16)30(39(3,35)36)18-10-11-21(31(33)34)24(12-18)38-2/h6-15H,4-5H2,1-3H3,(H,29,32). The average Bonchev–Trinajstić information content (AvgIpc) is 3.67. The van der Waals surface area contributed by atoms with Crippen molar-refractivity contribution in [2.24, 2.45) is 0 Å². The summed E-state index contributed by atoms with van der Waals surface area (Å²) in [7, 11) is -2.42. The minimum atomic E-state index is -3.92. The first-order valence-electron chi connectivity index (χ1n) is 11.9. The van der Waals surface area contributed by atoms with E-state index in [1.165, 1.54) is 49.5 Å². The van der Waals surface area contributed by atoms with Crippen LogP contribution in [0.25, 0.3) is 22.3 Å². The molecule has 0 atom stereocenters. The molecule has 0 aliphatic heterocycles. The van der Waals surface area contributed by atoms with Gasteiger partial charge in [-0.3, -0.25) is 14.9 Å². The van der Waals surface area contributed by atoms with Crippen molar-refractivity contribution in [1.82, 2.24) is 5.32 Å². The number of nitro groups is 1. The lowest BCUT2D eigenvalue weighted by atomic mass is 10.00. The van der Waals surface area contributed by atoms with Gasteiger partial charge in [0.1, 0.15) is 17.2 Å². The number of halogens is 1. The summed E-state index contributed by atoms with van der Waals surface area (Å²) in [5, 5.41) is 14.6. The number of hydrogen-bond donors (Lipinski definition) is 1. The Morgan fingerprint density at radius 1 is 1.15 bits per heavy atom. The van der Waals surface area contributed by atoms with Crippen LogP contribution in [0.3, 0.4) is 0 Å². The first kappa shape index (κ1) is 26.7. The van der Waals surface area contributed by atoms with Gasteiger partial charge in [0.15, 0.2) is 0 Å². The number of anilines is 2. The van der Waals surface area contributed by atoms with Crippen molar-refractivity contribution in [3.8, 4) is 11.3 Å². The lowest BCUT2D eigenvalue weighted by Crippen LogP contribution is -2.26. The van der Waals surface area contributed by atoms with E-state index in [9.17, 15) is 27.7 Å². The Morgan fingerprint density at radius 2 is 1.85 bits per heavy atom. The summed E-state index contributed by atoms with van der Waals surface area (Å²) < 4.78 is 47.3. The molecule has 4 aromatic rings. The Bertz CT molecular complexity index is 1730. The molecule has 1 amide bonds. The summed E-state index contributed by atoms with van der Waals surface area (Å²) in [6.45, 7) is 0. The molecule has 1 saturated carbocycles. The third kappa shape index (κ3) is 4.97. The van der Waals surface area contributed by atoms with Crippen LogP contribution in [0.5, 0.6) is 0 Å². The fourth-order valence-electron chi connectivity index (χ4n) is 4.65. The number of amides is 1. The van der Waals surface area contributed by atoms with Crippen molar-refractivity contribution >= 4 is 55.7 Å². The molecule has 0 unspecified atom stereocenters. The SMILES string of the molecule is CNC(=O)c1c(-c2ccc(F)cc2)oc2cc(N(c3ccc([N+](=O)[O-])c(SC)c3)S(C)(=O)=O)c(C3CC3)cc12. The molecule has 1 aromatic heterocycles. The van der Waals surface area contributed by atoms with E-state index in [4.69, 9.17) is 4.42 Å². The number of fused-ring (bicyclic) bond motifs is 1. The lowest BCUT2D eigenvalue weighted by molar-refractivity contribution is -0.387. The molecule has 39 heavy (non-hydrogen) atoms. The van der Waals surface area contributed by atoms with Crippen LogP contribution in [-0.2, 0) is 10.0 Å². The van der Waals surface area contributed by atoms with Crippen molar-refractivity contribution < 1.29 is 26.9 Å². The van der Waals surface area contributed by atoms with Crippen LogP contribution in [0.15, 0.2) is 63.9 Å². The van der Waals surface area contributed by atoms with Gasteiger partial charge in [-0.05, 0) is 73.0 Å². The second-order valence-corrected chi connectivity index (χ2v) is 11.9. The minimum Gasteiger partial charge on any atom is -0.455 e. The molecule has 0 bridgehead atoms. The third-order valence-electron chi connectivity index (χ3n) is 6.56. The molecule has 202 valence electrons. The van der Waals surface area contributed by atoms with E-state index in [1.54, 1.807) is 18.4 Å². The van der Waals surface area contributed by atoms with Gasteiger partial charge in [-0.15, -0.1) is 11.8 Å². The van der Waals surface area contributed by atoms with Crippen LogP contribution in [0.2, 0.25) is 0 Å². The molecular formula is C27H24FN3O6S2. The molecule has 1 aliphatic carbocycles. The predicted molar refractivity (Wildman–Crippen MR) is 149 cm³/mol. The lowest BCUT2D eigenvalue weighted by Gasteiger charge is -2.25. The van der Waals surface area contributed by atoms with Gasteiger partial charge in [0.2, 0.25) is 10.0 Å². The molecule has 5 rings (SSSR count). The number of carbonyl (C=O) groups is 1. The molecule has 12 heteroatoms. The highest BCUT2D eigenvalue weighted by molar-refractivity contribution is 7.98. The summed E-state index contributed by atoms with van der Waals surface area (Å²) in [5.41, 5.74) is 2.20. The maximum Gasteiger partial charge on any atom is 0.283 e. The summed E-state index contributed by atoms with van der Waals surface area (Å²) in [5.74, 6) is -0.545. The number of nitro benzene ring substituents is 1. The predicted octanol–water partition coefficient (Wildman–Crippen LogP) is 6.20. The van der Waals surface area contributed by atoms with E-state index in [-0.39, 0.29) is 34.2 Å². The molecule has 0 saturated heterocycles. The monoisotopic (exact) mass is 569 g/mol. The van der Waals surface area contributed by atoms with Crippen LogP contribution in [0.1, 0.15) is 34.7 Å². The van der Waals surface area contributed by atoms with E-state index in [0.717, 1.165) is 35.2 Å². The molecule has 9 nitrogen and oxygen atoms in total. The first-order chi connectivity index (χ1) is 18.5. The Kier molecular flexibility index (Phi) is 6.85. The van der Waals surface area contributed by atoms with E-state index < -0.39 is 26.7 Å². The average molecular weight is 570 g/mol. The van der Waals surface area contributed by atoms with Gasteiger partial charge in [0, 0.05) is 30.1 Å². The highest BCUT2D eigenvalue weighted by atomic mass is 32.2. The van der Waals surface area contributed by atoms with Gasteiger partial charge in [0.05, 0.1) is 33.0 Å². The zero-order valence-corrected chi connectivity index (χ0v) is 22.9. The maximum absolute atomic E-state index is 13.6. The molecule has 1 aliphatic rings. The van der Waals surface area contributed by atoms with Crippen molar-refractivity contribution in [3.63, 3.8) is 0 Å². The third-order valence-corrected chi connectivity index (χ3v) is 8.40. The fourth-order valence-corrected chi connectivity index (χ4v) is 6.26. The summed E-state index contributed by atoms with van der Waals surface area (Å²) in [4.78, 5) is 24.3. The number of rotatable bonds is 8. The summed E-state index contributed by atoms with van der Waals surface area (Å²) >= 11 is 1.14.